The molecule has 0 aromatic heterocycles. The smallest absolute Gasteiger partial charge is 0.225 e. The van der Waals surface area contributed by atoms with Gasteiger partial charge in [0.05, 0.1) is 11.7 Å². The molecule has 1 saturated heterocycles. The van der Waals surface area contributed by atoms with Crippen LogP contribution in [-0.2, 0) is 11.2 Å². The van der Waals surface area contributed by atoms with Gasteiger partial charge in [0, 0.05) is 19.0 Å². The Morgan fingerprint density at radius 3 is 2.36 bits per heavy atom. The van der Waals surface area contributed by atoms with E-state index in [-0.39, 0.29) is 11.8 Å². The quantitative estimate of drug-likeness (QED) is 0.893. The molecule has 0 radical (unpaired) electrons. The zero-order chi connectivity index (χ0) is 17.4. The standard InChI is InChI=1S/C21H29NO3/c1-21(24)13-17(14-21)20(23)22-10-8-16(9-11-22)12-15-2-4-18(5-3-15)25-19-6-7-19/h2-5,16-17,19,24H,6-14H2,1H3. The number of piperidine rings is 1. The minimum atomic E-state index is -0.617. The van der Waals surface area contributed by atoms with Crippen LogP contribution in [0.2, 0.25) is 0 Å². The third-order valence-electron chi connectivity index (χ3n) is 5.92. The predicted octanol–water partition coefficient (Wildman–Crippen LogP) is 3.17. The number of carbonyl (C=O) groups is 1. The molecule has 3 fully saturated rings. The normalized spacial score (nSPS) is 30.0. The second-order valence-corrected chi connectivity index (χ2v) is 8.54. The molecule has 2 saturated carbocycles. The van der Waals surface area contributed by atoms with Crippen LogP contribution in [0.15, 0.2) is 24.3 Å². The van der Waals surface area contributed by atoms with Crippen molar-refractivity contribution >= 4 is 5.91 Å². The van der Waals surface area contributed by atoms with E-state index in [0.29, 0.717) is 24.9 Å². The average Bonchev–Trinajstić information content (AvgIpc) is 3.38. The topological polar surface area (TPSA) is 49.8 Å². The van der Waals surface area contributed by atoms with Crippen molar-refractivity contribution in [1.82, 2.24) is 4.90 Å². The first-order chi connectivity index (χ1) is 12.0. The number of nitrogens with zero attached hydrogens (tertiary/aromatic N) is 1. The molecular weight excluding hydrogens is 314 g/mol. The molecule has 1 aromatic carbocycles. The highest BCUT2D eigenvalue weighted by Crippen LogP contribution is 2.39. The fourth-order valence-electron chi connectivity index (χ4n) is 4.21. The Kier molecular flexibility index (Phi) is 4.48. The van der Waals surface area contributed by atoms with Crippen molar-refractivity contribution in [2.75, 3.05) is 13.1 Å². The van der Waals surface area contributed by atoms with Crippen LogP contribution in [0.5, 0.6) is 5.75 Å². The number of carbonyl (C=O) groups excluding carboxylic acids is 1. The maximum Gasteiger partial charge on any atom is 0.225 e. The second-order valence-electron chi connectivity index (χ2n) is 8.54. The number of ether oxygens (including phenoxy) is 1. The van der Waals surface area contributed by atoms with Gasteiger partial charge in [0.1, 0.15) is 5.75 Å². The van der Waals surface area contributed by atoms with E-state index in [1.165, 1.54) is 18.4 Å². The fourth-order valence-corrected chi connectivity index (χ4v) is 4.21. The number of hydrogen-bond acceptors (Lipinski definition) is 3. The lowest BCUT2D eigenvalue weighted by molar-refractivity contribution is -0.151. The van der Waals surface area contributed by atoms with Crippen molar-refractivity contribution in [2.45, 2.75) is 63.6 Å². The van der Waals surface area contributed by atoms with Gasteiger partial charge < -0.3 is 14.7 Å². The van der Waals surface area contributed by atoms with E-state index in [1.54, 1.807) is 0 Å². The summed E-state index contributed by atoms with van der Waals surface area (Å²) in [6, 6.07) is 8.56. The van der Waals surface area contributed by atoms with Crippen LogP contribution in [0.3, 0.4) is 0 Å². The minimum Gasteiger partial charge on any atom is -0.490 e. The SMILES string of the molecule is CC1(O)CC(C(=O)N2CCC(Cc3ccc(OC4CC4)cc3)CC2)C1. The van der Waals surface area contributed by atoms with Crippen molar-refractivity contribution in [3.8, 4) is 5.75 Å². The van der Waals surface area contributed by atoms with Gasteiger partial charge in [0.15, 0.2) is 0 Å². The predicted molar refractivity (Wildman–Crippen MR) is 96.4 cm³/mol. The summed E-state index contributed by atoms with van der Waals surface area (Å²) in [5.74, 6) is 1.95. The van der Waals surface area contributed by atoms with Gasteiger partial charge in [-0.2, -0.15) is 0 Å². The average molecular weight is 343 g/mol. The Bertz CT molecular complexity index is 605. The third kappa shape index (κ3) is 4.17. The van der Waals surface area contributed by atoms with Crippen molar-refractivity contribution < 1.29 is 14.6 Å². The van der Waals surface area contributed by atoms with E-state index in [9.17, 15) is 9.90 Å². The van der Waals surface area contributed by atoms with Gasteiger partial charge in [-0.15, -0.1) is 0 Å². The van der Waals surface area contributed by atoms with Crippen molar-refractivity contribution in [2.24, 2.45) is 11.8 Å². The van der Waals surface area contributed by atoms with Gasteiger partial charge in [-0.25, -0.2) is 0 Å². The van der Waals surface area contributed by atoms with Gasteiger partial charge in [-0.05, 0) is 75.5 Å². The van der Waals surface area contributed by atoms with Crippen molar-refractivity contribution in [3.63, 3.8) is 0 Å². The van der Waals surface area contributed by atoms with Gasteiger partial charge in [-0.1, -0.05) is 12.1 Å². The maximum absolute atomic E-state index is 12.5. The van der Waals surface area contributed by atoms with Crippen LogP contribution >= 0.6 is 0 Å². The largest absolute Gasteiger partial charge is 0.490 e. The molecule has 136 valence electrons. The summed E-state index contributed by atoms with van der Waals surface area (Å²) in [7, 11) is 0. The first-order valence-electron chi connectivity index (χ1n) is 9.75. The van der Waals surface area contributed by atoms with Gasteiger partial charge in [-0.3, -0.25) is 4.79 Å². The lowest BCUT2D eigenvalue weighted by atomic mass is 9.71. The number of hydrogen-bond donors (Lipinski definition) is 1. The highest BCUT2D eigenvalue weighted by Gasteiger charge is 2.44. The van der Waals surface area contributed by atoms with Crippen LogP contribution in [0, 0.1) is 11.8 Å². The second kappa shape index (κ2) is 6.64. The number of rotatable bonds is 5. The first-order valence-corrected chi connectivity index (χ1v) is 9.75. The highest BCUT2D eigenvalue weighted by molar-refractivity contribution is 5.80. The summed E-state index contributed by atoms with van der Waals surface area (Å²) in [6.07, 6.45) is 7.33. The molecule has 0 bridgehead atoms. The fraction of sp³-hybridized carbons (Fsp3) is 0.667. The molecular formula is C21H29NO3. The molecule has 3 aliphatic rings. The molecule has 1 N–H and O–H groups in total. The van der Waals surface area contributed by atoms with E-state index < -0.39 is 5.60 Å². The van der Waals surface area contributed by atoms with E-state index in [4.69, 9.17) is 4.74 Å². The molecule has 1 heterocycles. The van der Waals surface area contributed by atoms with E-state index in [2.05, 4.69) is 24.3 Å². The van der Waals surface area contributed by atoms with Crippen LogP contribution in [0.4, 0.5) is 0 Å². The lowest BCUT2D eigenvalue weighted by Crippen LogP contribution is -2.51. The maximum atomic E-state index is 12.5. The number of amides is 1. The van der Waals surface area contributed by atoms with Crippen LogP contribution < -0.4 is 4.74 Å². The Balaban J connectivity index is 1.22. The molecule has 4 heteroatoms. The summed E-state index contributed by atoms with van der Waals surface area (Å²) < 4.78 is 5.80. The van der Waals surface area contributed by atoms with Crippen LogP contribution in [0.1, 0.15) is 51.0 Å². The van der Waals surface area contributed by atoms with Gasteiger partial charge in [0.25, 0.3) is 0 Å². The molecule has 1 amide bonds. The molecule has 0 atom stereocenters. The van der Waals surface area contributed by atoms with Crippen LogP contribution in [0.25, 0.3) is 0 Å². The van der Waals surface area contributed by atoms with E-state index >= 15 is 0 Å². The summed E-state index contributed by atoms with van der Waals surface area (Å²) in [5, 5.41) is 9.83. The van der Waals surface area contributed by atoms with Crippen molar-refractivity contribution in [1.29, 1.82) is 0 Å². The van der Waals surface area contributed by atoms with E-state index in [0.717, 1.165) is 38.1 Å². The summed E-state index contributed by atoms with van der Waals surface area (Å²) in [6.45, 7) is 3.56. The molecule has 2 aliphatic carbocycles. The van der Waals surface area contributed by atoms with Crippen LogP contribution in [-0.4, -0.2) is 40.7 Å². The molecule has 0 spiro atoms. The lowest BCUT2D eigenvalue weighted by Gasteiger charge is -2.43. The third-order valence-corrected chi connectivity index (χ3v) is 5.92. The van der Waals surface area contributed by atoms with Gasteiger partial charge >= 0.3 is 0 Å². The monoisotopic (exact) mass is 343 g/mol. The Hall–Kier alpha value is -1.55. The zero-order valence-corrected chi connectivity index (χ0v) is 15.1. The Morgan fingerprint density at radius 2 is 1.80 bits per heavy atom. The zero-order valence-electron chi connectivity index (χ0n) is 15.1. The van der Waals surface area contributed by atoms with Crippen molar-refractivity contribution in [3.05, 3.63) is 29.8 Å². The highest BCUT2D eigenvalue weighted by atomic mass is 16.5. The summed E-state index contributed by atoms with van der Waals surface area (Å²) in [4.78, 5) is 14.5. The molecule has 25 heavy (non-hydrogen) atoms. The Morgan fingerprint density at radius 1 is 1.16 bits per heavy atom. The molecule has 1 aliphatic heterocycles. The number of likely N-dealkylation sites (tertiary alicyclic amines) is 1. The summed E-state index contributed by atoms with van der Waals surface area (Å²) >= 11 is 0. The number of benzene rings is 1. The first kappa shape index (κ1) is 16.9. The number of aliphatic hydroxyl groups is 1. The molecule has 1 aromatic rings. The minimum absolute atomic E-state index is 0.0468. The molecule has 4 rings (SSSR count). The molecule has 4 nitrogen and oxygen atoms in total. The van der Waals surface area contributed by atoms with E-state index in [1.807, 2.05) is 11.8 Å². The van der Waals surface area contributed by atoms with Gasteiger partial charge in [0.2, 0.25) is 5.91 Å². The Labute approximate surface area is 150 Å². The molecule has 0 unspecified atom stereocenters. The summed E-state index contributed by atoms with van der Waals surface area (Å²) in [5.41, 5.74) is 0.747.